The van der Waals surface area contributed by atoms with Crippen LogP contribution in [0, 0.1) is 0 Å². The molecule has 1 unspecified atom stereocenters. The smallest absolute Gasteiger partial charge is 0.119 e. The number of nitrogens with two attached hydrogens (primary N) is 1. The van der Waals surface area contributed by atoms with Crippen molar-refractivity contribution in [1.29, 1.82) is 0 Å². The molecule has 0 saturated carbocycles. The summed E-state index contributed by atoms with van der Waals surface area (Å²) in [5.74, 6) is 0.904. The molecule has 0 bridgehead atoms. The van der Waals surface area contributed by atoms with E-state index in [2.05, 4.69) is 30.3 Å². The van der Waals surface area contributed by atoms with Crippen LogP contribution in [0.5, 0.6) is 5.75 Å². The molecule has 0 aliphatic heterocycles. The second-order valence-electron chi connectivity index (χ2n) is 4.37. The van der Waals surface area contributed by atoms with Gasteiger partial charge in [0.2, 0.25) is 0 Å². The zero-order valence-electron chi connectivity index (χ0n) is 11.3. The Balaban J connectivity index is 0.00000180. The summed E-state index contributed by atoms with van der Waals surface area (Å²) < 4.78 is 5.52. The van der Waals surface area contributed by atoms with Gasteiger partial charge in [-0.2, -0.15) is 0 Å². The minimum atomic E-state index is 0. The largest absolute Gasteiger partial charge is 0.494 e. The number of hydrogen-bond acceptors (Lipinski definition) is 2. The monoisotopic (exact) mass is 277 g/mol. The lowest BCUT2D eigenvalue weighted by molar-refractivity contribution is 0.340. The lowest BCUT2D eigenvalue weighted by Gasteiger charge is -2.10. The van der Waals surface area contributed by atoms with Crippen LogP contribution in [-0.2, 0) is 0 Å². The lowest BCUT2D eigenvalue weighted by atomic mass is 10.0. The van der Waals surface area contributed by atoms with Crippen molar-refractivity contribution < 1.29 is 4.74 Å². The van der Waals surface area contributed by atoms with Crippen LogP contribution in [-0.4, -0.2) is 6.61 Å². The Kier molecular flexibility index (Phi) is 5.87. The van der Waals surface area contributed by atoms with Gasteiger partial charge >= 0.3 is 0 Å². The third kappa shape index (κ3) is 3.98. The highest BCUT2D eigenvalue weighted by molar-refractivity contribution is 5.85. The summed E-state index contributed by atoms with van der Waals surface area (Å²) in [6.07, 6.45) is 0. The van der Waals surface area contributed by atoms with Crippen LogP contribution in [0.1, 0.15) is 25.5 Å². The second-order valence-corrected chi connectivity index (χ2v) is 4.37. The van der Waals surface area contributed by atoms with Gasteiger partial charge in [0, 0.05) is 6.04 Å². The fourth-order valence-electron chi connectivity index (χ4n) is 1.93. The highest BCUT2D eigenvalue weighted by Crippen LogP contribution is 2.25. The van der Waals surface area contributed by atoms with E-state index in [1.165, 1.54) is 5.56 Å². The van der Waals surface area contributed by atoms with Crippen molar-refractivity contribution in [2.75, 3.05) is 6.61 Å². The van der Waals surface area contributed by atoms with E-state index < -0.39 is 0 Å². The van der Waals surface area contributed by atoms with E-state index in [9.17, 15) is 0 Å². The van der Waals surface area contributed by atoms with Gasteiger partial charge in [-0.15, -0.1) is 12.4 Å². The standard InChI is InChI=1S/C16H19NO.ClH/c1-3-18-16-9-5-8-15(11-16)14-7-4-6-13(10-14)12(2)17;/h4-12H,3,17H2,1-2H3;1H. The zero-order valence-corrected chi connectivity index (χ0v) is 12.1. The number of halogens is 1. The average molecular weight is 278 g/mol. The number of ether oxygens (including phenoxy) is 1. The van der Waals surface area contributed by atoms with E-state index >= 15 is 0 Å². The Morgan fingerprint density at radius 1 is 1.05 bits per heavy atom. The van der Waals surface area contributed by atoms with E-state index in [1.807, 2.05) is 32.0 Å². The van der Waals surface area contributed by atoms with Crippen molar-refractivity contribution in [3.05, 3.63) is 54.1 Å². The SMILES string of the molecule is CCOc1cccc(-c2cccc(C(C)N)c2)c1.Cl. The summed E-state index contributed by atoms with van der Waals surface area (Å²) in [4.78, 5) is 0. The third-order valence-electron chi connectivity index (χ3n) is 2.89. The van der Waals surface area contributed by atoms with Crippen LogP contribution in [0.25, 0.3) is 11.1 Å². The number of benzene rings is 2. The molecule has 2 N–H and O–H groups in total. The Morgan fingerprint density at radius 2 is 1.68 bits per heavy atom. The molecular formula is C16H20ClNO. The van der Waals surface area contributed by atoms with Crippen molar-refractivity contribution in [1.82, 2.24) is 0 Å². The van der Waals surface area contributed by atoms with Crippen LogP contribution in [0.15, 0.2) is 48.5 Å². The quantitative estimate of drug-likeness (QED) is 0.909. The molecule has 1 atom stereocenters. The maximum Gasteiger partial charge on any atom is 0.119 e. The summed E-state index contributed by atoms with van der Waals surface area (Å²) in [5.41, 5.74) is 9.39. The molecular weight excluding hydrogens is 258 g/mol. The summed E-state index contributed by atoms with van der Waals surface area (Å²) >= 11 is 0. The first-order valence-electron chi connectivity index (χ1n) is 6.29. The molecule has 2 rings (SSSR count). The van der Waals surface area contributed by atoms with Gasteiger partial charge in [0.25, 0.3) is 0 Å². The van der Waals surface area contributed by atoms with Gasteiger partial charge < -0.3 is 10.5 Å². The molecule has 0 fully saturated rings. The molecule has 2 aromatic carbocycles. The van der Waals surface area contributed by atoms with Gasteiger partial charge in [0.15, 0.2) is 0 Å². The topological polar surface area (TPSA) is 35.2 Å². The van der Waals surface area contributed by atoms with E-state index in [1.54, 1.807) is 0 Å². The van der Waals surface area contributed by atoms with E-state index in [0.717, 1.165) is 16.9 Å². The predicted molar refractivity (Wildman–Crippen MR) is 82.9 cm³/mol. The normalized spacial score (nSPS) is 11.5. The van der Waals surface area contributed by atoms with Crippen molar-refractivity contribution >= 4 is 12.4 Å². The van der Waals surface area contributed by atoms with Gasteiger partial charge in [0.05, 0.1) is 6.61 Å². The first-order chi connectivity index (χ1) is 8.70. The van der Waals surface area contributed by atoms with Crippen LogP contribution in [0.4, 0.5) is 0 Å². The molecule has 0 spiro atoms. The highest BCUT2D eigenvalue weighted by atomic mass is 35.5. The Labute approximate surface area is 121 Å². The van der Waals surface area contributed by atoms with E-state index in [-0.39, 0.29) is 18.4 Å². The molecule has 19 heavy (non-hydrogen) atoms. The van der Waals surface area contributed by atoms with Crippen molar-refractivity contribution in [3.63, 3.8) is 0 Å². The molecule has 2 aromatic rings. The van der Waals surface area contributed by atoms with Crippen molar-refractivity contribution in [2.24, 2.45) is 5.73 Å². The maximum atomic E-state index is 5.91. The van der Waals surface area contributed by atoms with Crippen LogP contribution >= 0.6 is 12.4 Å². The lowest BCUT2D eigenvalue weighted by Crippen LogP contribution is -2.04. The molecule has 0 amide bonds. The van der Waals surface area contributed by atoms with Gasteiger partial charge in [-0.25, -0.2) is 0 Å². The molecule has 102 valence electrons. The third-order valence-corrected chi connectivity index (χ3v) is 2.89. The van der Waals surface area contributed by atoms with Gasteiger partial charge in [-0.05, 0) is 48.7 Å². The molecule has 0 saturated heterocycles. The summed E-state index contributed by atoms with van der Waals surface area (Å²) in [5, 5.41) is 0. The number of rotatable bonds is 4. The minimum absolute atomic E-state index is 0. The highest BCUT2D eigenvalue weighted by Gasteiger charge is 2.03. The molecule has 2 nitrogen and oxygen atoms in total. The second kappa shape index (κ2) is 7.17. The van der Waals surface area contributed by atoms with Gasteiger partial charge in [-0.3, -0.25) is 0 Å². The first-order valence-corrected chi connectivity index (χ1v) is 6.29. The van der Waals surface area contributed by atoms with Crippen molar-refractivity contribution in [2.45, 2.75) is 19.9 Å². The summed E-state index contributed by atoms with van der Waals surface area (Å²) in [7, 11) is 0. The first kappa shape index (κ1) is 15.5. The summed E-state index contributed by atoms with van der Waals surface area (Å²) in [6.45, 7) is 4.67. The van der Waals surface area contributed by atoms with Gasteiger partial charge in [0.1, 0.15) is 5.75 Å². The van der Waals surface area contributed by atoms with Crippen LogP contribution < -0.4 is 10.5 Å². The van der Waals surface area contributed by atoms with E-state index in [0.29, 0.717) is 6.61 Å². The molecule has 0 heterocycles. The van der Waals surface area contributed by atoms with E-state index in [4.69, 9.17) is 10.5 Å². The molecule has 0 aliphatic carbocycles. The molecule has 0 radical (unpaired) electrons. The molecule has 0 aliphatic rings. The number of hydrogen-bond donors (Lipinski definition) is 1. The van der Waals surface area contributed by atoms with Crippen LogP contribution in [0.2, 0.25) is 0 Å². The fraction of sp³-hybridized carbons (Fsp3) is 0.250. The van der Waals surface area contributed by atoms with Crippen molar-refractivity contribution in [3.8, 4) is 16.9 Å². The Hall–Kier alpha value is -1.51. The Morgan fingerprint density at radius 3 is 2.32 bits per heavy atom. The molecule has 0 aromatic heterocycles. The zero-order chi connectivity index (χ0) is 13.0. The van der Waals surface area contributed by atoms with Crippen LogP contribution in [0.3, 0.4) is 0 Å². The summed E-state index contributed by atoms with van der Waals surface area (Å²) in [6, 6.07) is 16.5. The Bertz CT molecular complexity index is 526. The maximum absolute atomic E-state index is 5.91. The predicted octanol–water partition coefficient (Wildman–Crippen LogP) is 4.19. The fourth-order valence-corrected chi connectivity index (χ4v) is 1.93. The molecule has 3 heteroatoms. The minimum Gasteiger partial charge on any atom is -0.494 e. The average Bonchev–Trinajstić information content (AvgIpc) is 2.39. The van der Waals surface area contributed by atoms with Gasteiger partial charge in [-0.1, -0.05) is 30.3 Å².